The van der Waals surface area contributed by atoms with Crippen LogP contribution in [0.2, 0.25) is 0 Å². The third kappa shape index (κ3) is 2.83. The summed E-state index contributed by atoms with van der Waals surface area (Å²) in [6.07, 6.45) is 0. The molecule has 0 radical (unpaired) electrons. The number of benzene rings is 2. The third-order valence-electron chi connectivity index (χ3n) is 2.60. The Bertz CT molecular complexity index is 524. The summed E-state index contributed by atoms with van der Waals surface area (Å²) >= 11 is 0. The molecule has 2 heteroatoms. The summed E-state index contributed by atoms with van der Waals surface area (Å²) in [6.45, 7) is 1.80. The molecule has 0 aliphatic rings. The van der Waals surface area contributed by atoms with Gasteiger partial charge in [0.15, 0.2) is 0 Å². The predicted octanol–water partition coefficient (Wildman–Crippen LogP) is 3.44. The van der Waals surface area contributed by atoms with Gasteiger partial charge in [-0.1, -0.05) is 60.7 Å². The maximum Gasteiger partial charge on any atom is 0.134 e. The minimum Gasteiger partial charge on any atom is -0.266 e. The van der Waals surface area contributed by atoms with Crippen molar-refractivity contribution in [1.29, 1.82) is 5.26 Å². The van der Waals surface area contributed by atoms with Gasteiger partial charge in [0.05, 0.1) is 11.8 Å². The van der Waals surface area contributed by atoms with Crippen LogP contribution in [0.4, 0.5) is 0 Å². The maximum absolute atomic E-state index is 8.92. The Morgan fingerprint density at radius 2 is 1.39 bits per heavy atom. The standard InChI is InChI=1S/C16H14N2/c1-13(12-17)18-16(14-8-4-2-5-9-14)15-10-6-3-7-11-15/h2-11,13H,1H3. The molecule has 0 heterocycles. The molecule has 18 heavy (non-hydrogen) atoms. The normalized spacial score (nSPS) is 11.3. The largest absolute Gasteiger partial charge is 0.266 e. The van der Waals surface area contributed by atoms with Crippen molar-refractivity contribution >= 4 is 5.71 Å². The van der Waals surface area contributed by atoms with Gasteiger partial charge in [-0.05, 0) is 6.92 Å². The second kappa shape index (κ2) is 5.79. The van der Waals surface area contributed by atoms with Crippen molar-refractivity contribution in [2.45, 2.75) is 13.0 Å². The molecule has 0 N–H and O–H groups in total. The molecule has 0 fully saturated rings. The molecule has 88 valence electrons. The van der Waals surface area contributed by atoms with Crippen molar-refractivity contribution in [3.63, 3.8) is 0 Å². The Kier molecular flexibility index (Phi) is 3.88. The van der Waals surface area contributed by atoms with E-state index in [9.17, 15) is 0 Å². The molecule has 0 bridgehead atoms. The van der Waals surface area contributed by atoms with E-state index in [2.05, 4.69) is 11.1 Å². The zero-order valence-corrected chi connectivity index (χ0v) is 10.2. The minimum absolute atomic E-state index is 0.347. The fourth-order valence-electron chi connectivity index (χ4n) is 1.73. The van der Waals surface area contributed by atoms with Crippen LogP contribution in [-0.2, 0) is 0 Å². The van der Waals surface area contributed by atoms with E-state index in [1.165, 1.54) is 0 Å². The van der Waals surface area contributed by atoms with Gasteiger partial charge in [-0.25, -0.2) is 0 Å². The highest BCUT2D eigenvalue weighted by Crippen LogP contribution is 2.12. The predicted molar refractivity (Wildman–Crippen MR) is 73.6 cm³/mol. The molecular formula is C16H14N2. The van der Waals surface area contributed by atoms with Crippen molar-refractivity contribution in [2.24, 2.45) is 4.99 Å². The van der Waals surface area contributed by atoms with Crippen LogP contribution in [0.15, 0.2) is 65.7 Å². The van der Waals surface area contributed by atoms with Gasteiger partial charge in [0.25, 0.3) is 0 Å². The fraction of sp³-hybridized carbons (Fsp3) is 0.125. The highest BCUT2D eigenvalue weighted by atomic mass is 14.8. The maximum atomic E-state index is 8.92. The lowest BCUT2D eigenvalue weighted by molar-refractivity contribution is 0.940. The van der Waals surface area contributed by atoms with E-state index in [0.717, 1.165) is 16.8 Å². The highest BCUT2D eigenvalue weighted by molar-refractivity contribution is 6.13. The molecule has 2 nitrogen and oxygen atoms in total. The second-order valence-corrected chi connectivity index (χ2v) is 4.01. The second-order valence-electron chi connectivity index (χ2n) is 4.01. The lowest BCUT2D eigenvalue weighted by atomic mass is 10.0. The van der Waals surface area contributed by atoms with E-state index in [0.29, 0.717) is 0 Å². The third-order valence-corrected chi connectivity index (χ3v) is 2.60. The molecule has 0 aromatic heterocycles. The van der Waals surface area contributed by atoms with Gasteiger partial charge in [0.2, 0.25) is 0 Å². The van der Waals surface area contributed by atoms with Crippen molar-refractivity contribution in [2.75, 3.05) is 0 Å². The Morgan fingerprint density at radius 3 is 1.78 bits per heavy atom. The first-order valence-electron chi connectivity index (χ1n) is 5.89. The summed E-state index contributed by atoms with van der Waals surface area (Å²) in [6, 6.07) is 21.7. The van der Waals surface area contributed by atoms with E-state index in [4.69, 9.17) is 5.26 Å². The molecule has 0 saturated heterocycles. The van der Waals surface area contributed by atoms with E-state index in [-0.39, 0.29) is 6.04 Å². The first-order valence-corrected chi connectivity index (χ1v) is 5.89. The Morgan fingerprint density at radius 1 is 0.944 bits per heavy atom. The van der Waals surface area contributed by atoms with Crippen LogP contribution >= 0.6 is 0 Å². The van der Waals surface area contributed by atoms with Gasteiger partial charge in [-0.15, -0.1) is 0 Å². The summed E-state index contributed by atoms with van der Waals surface area (Å²) in [5, 5.41) is 8.92. The van der Waals surface area contributed by atoms with Crippen molar-refractivity contribution < 1.29 is 0 Å². The molecule has 2 aromatic carbocycles. The molecule has 0 amide bonds. The van der Waals surface area contributed by atoms with Crippen LogP contribution in [0.5, 0.6) is 0 Å². The van der Waals surface area contributed by atoms with Gasteiger partial charge in [0, 0.05) is 11.1 Å². The molecule has 0 spiro atoms. The Balaban J connectivity index is 2.50. The van der Waals surface area contributed by atoms with Crippen molar-refractivity contribution in [3.05, 3.63) is 71.8 Å². The van der Waals surface area contributed by atoms with Crippen molar-refractivity contribution in [1.82, 2.24) is 0 Å². The van der Waals surface area contributed by atoms with Gasteiger partial charge in [0.1, 0.15) is 6.04 Å². The van der Waals surface area contributed by atoms with E-state index >= 15 is 0 Å². The molecule has 2 rings (SSSR count). The number of rotatable bonds is 3. The molecular weight excluding hydrogens is 220 g/mol. The monoisotopic (exact) mass is 234 g/mol. The van der Waals surface area contributed by atoms with Crippen LogP contribution in [0.3, 0.4) is 0 Å². The van der Waals surface area contributed by atoms with Crippen LogP contribution in [0, 0.1) is 11.3 Å². The van der Waals surface area contributed by atoms with Crippen LogP contribution in [0.25, 0.3) is 0 Å². The molecule has 1 unspecified atom stereocenters. The summed E-state index contributed by atoms with van der Waals surface area (Å²) in [5.74, 6) is 0. The van der Waals surface area contributed by atoms with Gasteiger partial charge >= 0.3 is 0 Å². The van der Waals surface area contributed by atoms with Crippen molar-refractivity contribution in [3.8, 4) is 6.07 Å². The number of nitrogens with zero attached hydrogens (tertiary/aromatic N) is 2. The average molecular weight is 234 g/mol. The molecule has 2 aromatic rings. The first-order chi connectivity index (χ1) is 8.81. The molecule has 0 aliphatic carbocycles. The smallest absolute Gasteiger partial charge is 0.134 e. The van der Waals surface area contributed by atoms with Crippen LogP contribution in [0.1, 0.15) is 18.1 Å². The molecule has 1 atom stereocenters. The average Bonchev–Trinajstić information content (AvgIpc) is 2.46. The van der Waals surface area contributed by atoms with Gasteiger partial charge < -0.3 is 0 Å². The number of hydrogen-bond acceptors (Lipinski definition) is 2. The summed E-state index contributed by atoms with van der Waals surface area (Å²) in [5.41, 5.74) is 2.93. The van der Waals surface area contributed by atoms with Crippen LogP contribution in [-0.4, -0.2) is 11.8 Å². The number of aliphatic imine (C=N–C) groups is 1. The van der Waals surface area contributed by atoms with Gasteiger partial charge in [-0.3, -0.25) is 4.99 Å². The first kappa shape index (κ1) is 12.1. The molecule has 0 aliphatic heterocycles. The lowest BCUT2D eigenvalue weighted by Crippen LogP contribution is -2.07. The topological polar surface area (TPSA) is 36.1 Å². The number of nitriles is 1. The summed E-state index contributed by atoms with van der Waals surface area (Å²) < 4.78 is 0. The zero-order valence-electron chi connectivity index (χ0n) is 10.2. The van der Waals surface area contributed by atoms with E-state index < -0.39 is 0 Å². The quantitative estimate of drug-likeness (QED) is 0.749. The number of hydrogen-bond donors (Lipinski definition) is 0. The van der Waals surface area contributed by atoms with Gasteiger partial charge in [-0.2, -0.15) is 5.26 Å². The highest BCUT2D eigenvalue weighted by Gasteiger charge is 2.07. The van der Waals surface area contributed by atoms with E-state index in [1.54, 1.807) is 6.92 Å². The van der Waals surface area contributed by atoms with E-state index in [1.807, 2.05) is 60.7 Å². The zero-order chi connectivity index (χ0) is 12.8. The van der Waals surface area contributed by atoms with Crippen LogP contribution < -0.4 is 0 Å². The SMILES string of the molecule is CC(C#N)N=C(c1ccccc1)c1ccccc1. The summed E-state index contributed by atoms with van der Waals surface area (Å²) in [7, 11) is 0. The minimum atomic E-state index is -0.347. The lowest BCUT2D eigenvalue weighted by Gasteiger charge is -2.08. The Labute approximate surface area is 107 Å². The molecule has 0 saturated carbocycles. The summed E-state index contributed by atoms with van der Waals surface area (Å²) in [4.78, 5) is 4.49. The fourth-order valence-corrected chi connectivity index (χ4v) is 1.73. The Hall–Kier alpha value is -2.40.